The summed E-state index contributed by atoms with van der Waals surface area (Å²) in [5.74, 6) is 1.73. The summed E-state index contributed by atoms with van der Waals surface area (Å²) < 4.78 is 10.9. The summed E-state index contributed by atoms with van der Waals surface area (Å²) in [4.78, 5) is 0. The number of rotatable bonds is 9. The third-order valence-corrected chi connectivity index (χ3v) is 3.87. The zero-order valence-electron chi connectivity index (χ0n) is 12.5. The van der Waals surface area contributed by atoms with Crippen LogP contribution in [0.2, 0.25) is 0 Å². The van der Waals surface area contributed by atoms with Gasteiger partial charge < -0.3 is 14.8 Å². The summed E-state index contributed by atoms with van der Waals surface area (Å²) in [6, 6.07) is 8.43. The maximum atomic E-state index is 5.79. The van der Waals surface area contributed by atoms with Gasteiger partial charge in [0.1, 0.15) is 11.5 Å². The van der Waals surface area contributed by atoms with E-state index in [1.807, 2.05) is 30.3 Å². The minimum Gasteiger partial charge on any atom is -0.497 e. The fourth-order valence-electron chi connectivity index (χ4n) is 2.00. The average Bonchev–Trinajstić information content (AvgIpc) is 3.30. The zero-order chi connectivity index (χ0) is 14.4. The molecule has 0 aromatic heterocycles. The van der Waals surface area contributed by atoms with E-state index >= 15 is 0 Å². The highest BCUT2D eigenvalue weighted by molar-refractivity contribution is 5.31. The number of ether oxygens (including phenoxy) is 2. The van der Waals surface area contributed by atoms with E-state index in [9.17, 15) is 0 Å². The molecular weight excluding hydrogens is 250 g/mol. The van der Waals surface area contributed by atoms with Gasteiger partial charge in [0, 0.05) is 18.0 Å². The largest absolute Gasteiger partial charge is 0.497 e. The topological polar surface area (TPSA) is 30.5 Å². The molecule has 1 aromatic rings. The molecule has 0 aliphatic heterocycles. The first kappa shape index (κ1) is 14.9. The summed E-state index contributed by atoms with van der Waals surface area (Å²) in [5.41, 5.74) is 0.0923. The van der Waals surface area contributed by atoms with E-state index in [1.165, 1.54) is 12.8 Å². The molecule has 1 saturated carbocycles. The fraction of sp³-hybridized carbons (Fsp3) is 0.529. The molecule has 0 radical (unpaired) electrons. The van der Waals surface area contributed by atoms with Gasteiger partial charge in [0.15, 0.2) is 0 Å². The monoisotopic (exact) mass is 275 g/mol. The molecule has 3 nitrogen and oxygen atoms in total. The van der Waals surface area contributed by atoms with Gasteiger partial charge in [-0.1, -0.05) is 13.0 Å². The first-order valence-electron chi connectivity index (χ1n) is 7.29. The van der Waals surface area contributed by atoms with E-state index in [4.69, 9.17) is 9.47 Å². The minimum absolute atomic E-state index is 0.0923. The Balaban J connectivity index is 1.75. The van der Waals surface area contributed by atoms with Crippen LogP contribution in [0.5, 0.6) is 11.5 Å². The standard InChI is InChI=1S/C17H25NO2/c1-4-17(2,13-18-14-5-6-14)11-12-20-16-9-7-15(19-3)8-10-16/h4,7-10,14,18H,1,5-6,11-13H2,2-3H3. The van der Waals surface area contributed by atoms with E-state index in [-0.39, 0.29) is 5.41 Å². The molecule has 110 valence electrons. The maximum absolute atomic E-state index is 5.79. The predicted molar refractivity (Wildman–Crippen MR) is 82.4 cm³/mol. The normalized spacial score (nSPS) is 17.3. The lowest BCUT2D eigenvalue weighted by Crippen LogP contribution is -2.32. The lowest BCUT2D eigenvalue weighted by molar-refractivity contribution is 0.244. The van der Waals surface area contributed by atoms with E-state index < -0.39 is 0 Å². The van der Waals surface area contributed by atoms with Crippen molar-refractivity contribution in [3.63, 3.8) is 0 Å². The molecule has 20 heavy (non-hydrogen) atoms. The molecule has 1 aliphatic rings. The number of nitrogens with one attached hydrogen (secondary N) is 1. The van der Waals surface area contributed by atoms with Crippen molar-refractivity contribution in [3.05, 3.63) is 36.9 Å². The Labute approximate surface area is 122 Å². The summed E-state index contributed by atoms with van der Waals surface area (Å²) in [6.45, 7) is 7.87. The molecule has 0 spiro atoms. The Morgan fingerprint density at radius 3 is 2.50 bits per heavy atom. The molecular formula is C17H25NO2. The van der Waals surface area contributed by atoms with Gasteiger partial charge in [0.2, 0.25) is 0 Å². The van der Waals surface area contributed by atoms with Crippen molar-refractivity contribution < 1.29 is 9.47 Å². The van der Waals surface area contributed by atoms with Crippen LogP contribution in [0.15, 0.2) is 36.9 Å². The van der Waals surface area contributed by atoms with Gasteiger partial charge in [0.25, 0.3) is 0 Å². The van der Waals surface area contributed by atoms with Gasteiger partial charge in [-0.2, -0.15) is 0 Å². The van der Waals surface area contributed by atoms with Gasteiger partial charge in [-0.25, -0.2) is 0 Å². The lowest BCUT2D eigenvalue weighted by atomic mass is 9.87. The molecule has 0 amide bonds. The second-order valence-electron chi connectivity index (χ2n) is 5.79. The van der Waals surface area contributed by atoms with Crippen LogP contribution < -0.4 is 14.8 Å². The van der Waals surface area contributed by atoms with Crippen molar-refractivity contribution >= 4 is 0 Å². The van der Waals surface area contributed by atoms with Crippen molar-refractivity contribution in [2.24, 2.45) is 5.41 Å². The van der Waals surface area contributed by atoms with E-state index in [0.717, 1.165) is 30.5 Å². The van der Waals surface area contributed by atoms with Crippen LogP contribution in [0.4, 0.5) is 0 Å². The average molecular weight is 275 g/mol. The van der Waals surface area contributed by atoms with Crippen LogP contribution in [-0.2, 0) is 0 Å². The highest BCUT2D eigenvalue weighted by Gasteiger charge is 2.26. The van der Waals surface area contributed by atoms with Crippen LogP contribution in [-0.4, -0.2) is 26.3 Å². The molecule has 1 aromatic carbocycles. The van der Waals surface area contributed by atoms with E-state index in [1.54, 1.807) is 7.11 Å². The van der Waals surface area contributed by atoms with Gasteiger partial charge in [-0.05, 0) is 43.5 Å². The van der Waals surface area contributed by atoms with Crippen LogP contribution >= 0.6 is 0 Å². The second kappa shape index (κ2) is 6.80. The van der Waals surface area contributed by atoms with Crippen LogP contribution in [0.1, 0.15) is 26.2 Å². The predicted octanol–water partition coefficient (Wildman–Crippen LogP) is 3.41. The minimum atomic E-state index is 0.0923. The van der Waals surface area contributed by atoms with E-state index in [2.05, 4.69) is 18.8 Å². The molecule has 1 aliphatic carbocycles. The Hall–Kier alpha value is -1.48. The van der Waals surface area contributed by atoms with Crippen molar-refractivity contribution in [1.82, 2.24) is 5.32 Å². The SMILES string of the molecule is C=CC(C)(CCOc1ccc(OC)cc1)CNC1CC1. The summed E-state index contributed by atoms with van der Waals surface area (Å²) in [7, 11) is 1.66. The first-order chi connectivity index (χ1) is 9.65. The number of hydrogen-bond acceptors (Lipinski definition) is 3. The third-order valence-electron chi connectivity index (χ3n) is 3.87. The van der Waals surface area contributed by atoms with Gasteiger partial charge in [0.05, 0.1) is 13.7 Å². The molecule has 1 unspecified atom stereocenters. The zero-order valence-corrected chi connectivity index (χ0v) is 12.5. The summed E-state index contributed by atoms with van der Waals surface area (Å²) in [5, 5.41) is 3.57. The number of methoxy groups -OCH3 is 1. The maximum Gasteiger partial charge on any atom is 0.119 e. The van der Waals surface area contributed by atoms with Crippen LogP contribution in [0, 0.1) is 5.41 Å². The smallest absolute Gasteiger partial charge is 0.119 e. The Bertz CT molecular complexity index is 425. The van der Waals surface area contributed by atoms with Gasteiger partial charge >= 0.3 is 0 Å². The Morgan fingerprint density at radius 2 is 1.95 bits per heavy atom. The third kappa shape index (κ3) is 4.57. The quantitative estimate of drug-likeness (QED) is 0.701. The highest BCUT2D eigenvalue weighted by Crippen LogP contribution is 2.26. The molecule has 1 atom stereocenters. The van der Waals surface area contributed by atoms with Gasteiger partial charge in [-0.3, -0.25) is 0 Å². The Morgan fingerprint density at radius 1 is 1.30 bits per heavy atom. The van der Waals surface area contributed by atoms with Gasteiger partial charge in [-0.15, -0.1) is 6.58 Å². The number of benzene rings is 1. The van der Waals surface area contributed by atoms with Crippen molar-refractivity contribution in [1.29, 1.82) is 0 Å². The molecule has 0 saturated heterocycles. The highest BCUT2D eigenvalue weighted by atomic mass is 16.5. The molecule has 2 rings (SSSR count). The molecule has 3 heteroatoms. The number of hydrogen-bond donors (Lipinski definition) is 1. The molecule has 1 N–H and O–H groups in total. The summed E-state index contributed by atoms with van der Waals surface area (Å²) in [6.07, 6.45) is 5.63. The lowest BCUT2D eigenvalue weighted by Gasteiger charge is -2.26. The second-order valence-corrected chi connectivity index (χ2v) is 5.79. The molecule has 0 bridgehead atoms. The van der Waals surface area contributed by atoms with Crippen molar-refractivity contribution in [2.45, 2.75) is 32.2 Å². The van der Waals surface area contributed by atoms with Crippen molar-refractivity contribution in [2.75, 3.05) is 20.3 Å². The Kier molecular flexibility index (Phi) is 5.07. The van der Waals surface area contributed by atoms with Crippen molar-refractivity contribution in [3.8, 4) is 11.5 Å². The van der Waals surface area contributed by atoms with Crippen LogP contribution in [0.3, 0.4) is 0 Å². The van der Waals surface area contributed by atoms with Crippen LogP contribution in [0.25, 0.3) is 0 Å². The summed E-state index contributed by atoms with van der Waals surface area (Å²) >= 11 is 0. The van der Waals surface area contributed by atoms with E-state index in [0.29, 0.717) is 6.61 Å². The fourth-order valence-corrected chi connectivity index (χ4v) is 2.00. The molecule has 1 fully saturated rings. The molecule has 0 heterocycles. The first-order valence-corrected chi connectivity index (χ1v) is 7.29.